The third kappa shape index (κ3) is 8.31. The highest BCUT2D eigenvalue weighted by Gasteiger charge is 2.43. The molecule has 23 heavy (non-hydrogen) atoms. The van der Waals surface area contributed by atoms with Crippen molar-refractivity contribution in [2.75, 3.05) is 0 Å². The molecule has 0 aromatic carbocycles. The van der Waals surface area contributed by atoms with Crippen molar-refractivity contribution in [2.45, 2.75) is 110 Å². The highest BCUT2D eigenvalue weighted by molar-refractivity contribution is 6.74. The quantitative estimate of drug-likeness (QED) is 0.394. The van der Waals surface area contributed by atoms with Gasteiger partial charge in [-0.05, 0) is 45.3 Å². The first kappa shape index (κ1) is 22.6. The second kappa shape index (κ2) is 8.63. The molecule has 4 nitrogen and oxygen atoms in total. The minimum atomic E-state index is -2.18. The Morgan fingerprint density at radius 2 is 1.61 bits per heavy atom. The first-order valence-electron chi connectivity index (χ1n) is 8.80. The number of unbranched alkanes of at least 4 members (excludes halogenated alkanes) is 2. The van der Waals surface area contributed by atoms with Gasteiger partial charge in [-0.3, -0.25) is 0 Å². The molecular formula is C18H38O4Si. The second-order valence-electron chi connectivity index (χ2n) is 8.90. The molecule has 0 aliphatic heterocycles. The summed E-state index contributed by atoms with van der Waals surface area (Å²) in [5, 5.41) is 10.5. The zero-order chi connectivity index (χ0) is 18.5. The molecule has 0 heterocycles. The van der Waals surface area contributed by atoms with E-state index in [9.17, 15) is 9.90 Å². The van der Waals surface area contributed by atoms with Crippen LogP contribution in [0, 0.1) is 0 Å². The van der Waals surface area contributed by atoms with Crippen molar-refractivity contribution in [2.24, 2.45) is 0 Å². The molecule has 2 unspecified atom stereocenters. The summed E-state index contributed by atoms with van der Waals surface area (Å²) in [5.41, 5.74) is -0.588. The topological polar surface area (TPSA) is 55.8 Å². The summed E-state index contributed by atoms with van der Waals surface area (Å²) in [6.07, 6.45) is 1.85. The van der Waals surface area contributed by atoms with E-state index in [0.29, 0.717) is 6.42 Å². The highest BCUT2D eigenvalue weighted by Crippen LogP contribution is 2.38. The molecule has 0 spiro atoms. The average Bonchev–Trinajstić information content (AvgIpc) is 2.32. The molecule has 1 N–H and O–H groups in total. The van der Waals surface area contributed by atoms with E-state index in [1.165, 1.54) is 0 Å². The Bertz CT molecular complexity index is 366. The molecule has 0 amide bonds. The summed E-state index contributed by atoms with van der Waals surface area (Å²) in [6, 6.07) is 0. The normalized spacial score (nSPS) is 16.1. The van der Waals surface area contributed by atoms with Gasteiger partial charge in [0.25, 0.3) is 0 Å². The van der Waals surface area contributed by atoms with Crippen LogP contribution in [-0.2, 0) is 14.0 Å². The van der Waals surface area contributed by atoms with Crippen molar-refractivity contribution in [3.8, 4) is 0 Å². The molecule has 5 heteroatoms. The van der Waals surface area contributed by atoms with Gasteiger partial charge in [0, 0.05) is 0 Å². The number of hydrogen-bond acceptors (Lipinski definition) is 4. The van der Waals surface area contributed by atoms with Crippen LogP contribution in [0.5, 0.6) is 0 Å². The van der Waals surface area contributed by atoms with Gasteiger partial charge in [-0.15, -0.1) is 0 Å². The molecule has 0 saturated carbocycles. The van der Waals surface area contributed by atoms with Crippen LogP contribution in [0.3, 0.4) is 0 Å². The van der Waals surface area contributed by atoms with Crippen LogP contribution in [0.25, 0.3) is 0 Å². The number of aliphatic hydroxyl groups excluding tert-OH is 1. The maximum atomic E-state index is 12.6. The van der Waals surface area contributed by atoms with E-state index < -0.39 is 32.1 Å². The summed E-state index contributed by atoms with van der Waals surface area (Å²) in [5.74, 6) is -0.452. The molecule has 2 atom stereocenters. The third-order valence-electron chi connectivity index (χ3n) is 4.32. The lowest BCUT2D eigenvalue weighted by Gasteiger charge is -2.40. The number of aliphatic hydroxyl groups is 1. The molecule has 0 aliphatic carbocycles. The van der Waals surface area contributed by atoms with E-state index in [4.69, 9.17) is 9.16 Å². The largest absolute Gasteiger partial charge is 0.458 e. The fraction of sp³-hybridized carbons (Fsp3) is 0.944. The summed E-state index contributed by atoms with van der Waals surface area (Å²) in [7, 11) is -2.18. The van der Waals surface area contributed by atoms with E-state index in [2.05, 4.69) is 40.8 Å². The number of esters is 1. The molecular weight excluding hydrogens is 308 g/mol. The van der Waals surface area contributed by atoms with Crippen LogP contribution in [0.4, 0.5) is 0 Å². The molecule has 0 bridgehead atoms. The van der Waals surface area contributed by atoms with Gasteiger partial charge in [0.05, 0.1) is 6.10 Å². The standard InChI is InChI=1S/C18H38O4Si/c1-10-11-12-13-14(19)15(16(20)21-17(2,3)4)22-23(8,9)18(5,6)7/h14-15,19H,10-13H2,1-9H3. The van der Waals surface area contributed by atoms with E-state index >= 15 is 0 Å². The molecule has 0 rings (SSSR count). The van der Waals surface area contributed by atoms with Gasteiger partial charge in [-0.1, -0.05) is 47.0 Å². The van der Waals surface area contributed by atoms with E-state index in [0.717, 1.165) is 19.3 Å². The zero-order valence-electron chi connectivity index (χ0n) is 16.7. The lowest BCUT2D eigenvalue weighted by molar-refractivity contribution is -0.169. The molecule has 0 aromatic rings. The molecule has 0 aromatic heterocycles. The number of carbonyl (C=O) groups is 1. The van der Waals surface area contributed by atoms with Gasteiger partial charge in [0.2, 0.25) is 0 Å². The van der Waals surface area contributed by atoms with Crippen LogP contribution in [0.1, 0.15) is 74.1 Å². The van der Waals surface area contributed by atoms with Gasteiger partial charge in [0.1, 0.15) is 5.60 Å². The fourth-order valence-electron chi connectivity index (χ4n) is 1.89. The number of rotatable bonds is 8. The molecule has 0 saturated heterocycles. The van der Waals surface area contributed by atoms with Crippen molar-refractivity contribution in [1.29, 1.82) is 0 Å². The van der Waals surface area contributed by atoms with Crippen molar-refractivity contribution >= 4 is 14.3 Å². The molecule has 0 aliphatic rings. The average molecular weight is 347 g/mol. The Labute approximate surface area is 144 Å². The smallest absolute Gasteiger partial charge is 0.337 e. The van der Waals surface area contributed by atoms with E-state index in [1.807, 2.05) is 20.8 Å². The Kier molecular flexibility index (Phi) is 8.48. The van der Waals surface area contributed by atoms with E-state index in [-0.39, 0.29) is 5.04 Å². The van der Waals surface area contributed by atoms with Gasteiger partial charge in [0.15, 0.2) is 14.4 Å². The Morgan fingerprint density at radius 3 is 2.00 bits per heavy atom. The molecule has 0 radical (unpaired) electrons. The van der Waals surface area contributed by atoms with Gasteiger partial charge >= 0.3 is 5.97 Å². The van der Waals surface area contributed by atoms with Crippen molar-refractivity contribution < 1.29 is 19.1 Å². The number of ether oxygens (including phenoxy) is 1. The second-order valence-corrected chi connectivity index (χ2v) is 13.7. The maximum absolute atomic E-state index is 12.6. The van der Waals surface area contributed by atoms with Gasteiger partial charge < -0.3 is 14.3 Å². The number of carbonyl (C=O) groups excluding carboxylic acids is 1. The van der Waals surface area contributed by atoms with Crippen LogP contribution >= 0.6 is 0 Å². The Balaban J connectivity index is 5.18. The lowest BCUT2D eigenvalue weighted by Crippen LogP contribution is -2.51. The summed E-state index contributed by atoms with van der Waals surface area (Å²) in [6.45, 7) is 18.1. The van der Waals surface area contributed by atoms with Crippen LogP contribution in [0.15, 0.2) is 0 Å². The number of hydrogen-bond donors (Lipinski definition) is 1. The molecule has 0 fully saturated rings. The monoisotopic (exact) mass is 346 g/mol. The highest BCUT2D eigenvalue weighted by atomic mass is 28.4. The first-order valence-corrected chi connectivity index (χ1v) is 11.7. The summed E-state index contributed by atoms with van der Waals surface area (Å²) >= 11 is 0. The predicted molar refractivity (Wildman–Crippen MR) is 98.1 cm³/mol. The maximum Gasteiger partial charge on any atom is 0.337 e. The van der Waals surface area contributed by atoms with E-state index in [1.54, 1.807) is 0 Å². The van der Waals surface area contributed by atoms with Gasteiger partial charge in [-0.2, -0.15) is 0 Å². The minimum absolute atomic E-state index is 0.0313. The minimum Gasteiger partial charge on any atom is -0.458 e. The lowest BCUT2D eigenvalue weighted by atomic mass is 10.1. The Morgan fingerprint density at radius 1 is 1.09 bits per heavy atom. The third-order valence-corrected chi connectivity index (χ3v) is 8.78. The van der Waals surface area contributed by atoms with Crippen LogP contribution < -0.4 is 0 Å². The summed E-state index contributed by atoms with van der Waals surface area (Å²) < 4.78 is 11.7. The predicted octanol–water partition coefficient (Wildman–Crippen LogP) is 4.66. The first-order chi connectivity index (χ1) is 10.2. The van der Waals surface area contributed by atoms with Crippen LogP contribution in [-0.4, -0.2) is 37.2 Å². The zero-order valence-corrected chi connectivity index (χ0v) is 17.7. The summed E-state index contributed by atoms with van der Waals surface area (Å²) in [4.78, 5) is 12.6. The van der Waals surface area contributed by atoms with Crippen molar-refractivity contribution in [3.05, 3.63) is 0 Å². The van der Waals surface area contributed by atoms with Crippen molar-refractivity contribution in [3.63, 3.8) is 0 Å². The SMILES string of the molecule is CCCCCC(O)C(O[Si](C)(C)C(C)(C)C)C(=O)OC(C)(C)C. The van der Waals surface area contributed by atoms with Gasteiger partial charge in [-0.25, -0.2) is 4.79 Å². The van der Waals surface area contributed by atoms with Crippen LogP contribution in [0.2, 0.25) is 18.1 Å². The fourth-order valence-corrected chi connectivity index (χ4v) is 3.13. The molecule has 138 valence electrons. The van der Waals surface area contributed by atoms with Crippen molar-refractivity contribution in [1.82, 2.24) is 0 Å². The Hall–Kier alpha value is -0.393.